The number of nitrogens with two attached hydrogens (primary N) is 1. The van der Waals surface area contributed by atoms with Gasteiger partial charge >= 0.3 is 12.2 Å². The number of hydrogen-bond donors (Lipinski definition) is 4. The summed E-state index contributed by atoms with van der Waals surface area (Å²) >= 11 is 0. The predicted octanol–water partition coefficient (Wildman–Crippen LogP) is 6.54. The Labute approximate surface area is 337 Å². The third-order valence-corrected chi connectivity index (χ3v) is 10.5. The van der Waals surface area contributed by atoms with Gasteiger partial charge in [-0.15, -0.1) is 0 Å². The van der Waals surface area contributed by atoms with Crippen LogP contribution in [0.2, 0.25) is 0 Å². The number of carbonyl (C=O) groups excluding carboxylic acids is 4. The van der Waals surface area contributed by atoms with Crippen molar-refractivity contribution in [3.05, 3.63) is 72.8 Å². The normalized spacial score (nSPS) is 17.0. The van der Waals surface area contributed by atoms with Crippen LogP contribution in [0.3, 0.4) is 0 Å². The van der Waals surface area contributed by atoms with E-state index in [9.17, 15) is 19.2 Å². The molecule has 7 rings (SSSR count). The number of methoxy groups -OCH3 is 2. The van der Waals surface area contributed by atoms with Crippen LogP contribution in [-0.2, 0) is 19.1 Å². The van der Waals surface area contributed by atoms with Crippen LogP contribution in [0.25, 0.3) is 44.7 Å². The van der Waals surface area contributed by atoms with Crippen molar-refractivity contribution in [2.24, 2.45) is 17.6 Å². The summed E-state index contributed by atoms with van der Waals surface area (Å²) in [6.07, 6.45) is 10.0. The van der Waals surface area contributed by atoms with Crippen LogP contribution in [-0.4, -0.2) is 97.1 Å². The molecule has 306 valence electrons. The maximum atomic E-state index is 13.5. The third-order valence-electron chi connectivity index (χ3n) is 10.5. The predicted molar refractivity (Wildman–Crippen MR) is 218 cm³/mol. The first-order valence-electron chi connectivity index (χ1n) is 19.6. The molecule has 58 heavy (non-hydrogen) atoms. The van der Waals surface area contributed by atoms with Crippen molar-refractivity contribution in [3.63, 3.8) is 0 Å². The Kier molecular flexibility index (Phi) is 13.0. The van der Waals surface area contributed by atoms with Crippen molar-refractivity contribution in [1.29, 1.82) is 0 Å². The van der Waals surface area contributed by atoms with Crippen molar-refractivity contribution >= 4 is 34.8 Å². The van der Waals surface area contributed by atoms with Crippen LogP contribution in [0.1, 0.15) is 83.5 Å². The van der Waals surface area contributed by atoms with E-state index >= 15 is 0 Å². The summed E-state index contributed by atoms with van der Waals surface area (Å²) in [7, 11) is 2.52. The second kappa shape index (κ2) is 18.3. The van der Waals surface area contributed by atoms with Gasteiger partial charge in [-0.05, 0) is 67.2 Å². The van der Waals surface area contributed by atoms with Crippen molar-refractivity contribution in [2.45, 2.75) is 77.9 Å². The second-order valence-electron chi connectivity index (χ2n) is 15.3. The summed E-state index contributed by atoms with van der Waals surface area (Å²) in [5.74, 6) is 1.81. The number of benzene rings is 1. The minimum absolute atomic E-state index is 0.0194. The zero-order chi connectivity index (χ0) is 41.5. The van der Waals surface area contributed by atoms with E-state index in [4.69, 9.17) is 14.7 Å². The number of hydrogen-bond acceptors (Lipinski definition) is 10. The molecule has 16 nitrogen and oxygen atoms in total. The van der Waals surface area contributed by atoms with Gasteiger partial charge in [0.2, 0.25) is 11.8 Å². The zero-order valence-electron chi connectivity index (χ0n) is 33.8. The highest BCUT2D eigenvalue weighted by Crippen LogP contribution is 2.35. The van der Waals surface area contributed by atoms with Crippen molar-refractivity contribution in [1.82, 2.24) is 45.0 Å². The van der Waals surface area contributed by atoms with Gasteiger partial charge in [0.05, 0.1) is 61.5 Å². The molecule has 16 heteroatoms. The third kappa shape index (κ3) is 9.44. The van der Waals surface area contributed by atoms with E-state index in [0.29, 0.717) is 18.9 Å². The molecular weight excluding hydrogens is 741 g/mol. The van der Waals surface area contributed by atoms with Crippen LogP contribution in [0.4, 0.5) is 9.59 Å². The SMILES string of the molecule is COC(=O)NC(C(=O)N1CCCC1c1ncc(-c2ccc3cc(-c4ccc(-c5cnc([C@@H]6CCCN6C(=O)CC(C)C)[nH]5)cn4)ncc3c2)[nH]1)C(C)C.COC(N)=O. The number of rotatable bonds is 10. The van der Waals surface area contributed by atoms with Crippen LogP contribution in [0.5, 0.6) is 0 Å². The van der Waals surface area contributed by atoms with Gasteiger partial charge in [-0.2, -0.15) is 0 Å². The monoisotopic (exact) mass is 792 g/mol. The summed E-state index contributed by atoms with van der Waals surface area (Å²) in [6, 6.07) is 11.3. The molecule has 0 bridgehead atoms. The molecule has 0 spiro atoms. The van der Waals surface area contributed by atoms with Gasteiger partial charge in [0.15, 0.2) is 0 Å². The van der Waals surface area contributed by atoms with Gasteiger partial charge in [0, 0.05) is 48.4 Å². The highest BCUT2D eigenvalue weighted by Gasteiger charge is 2.37. The van der Waals surface area contributed by atoms with Crippen LogP contribution < -0.4 is 11.1 Å². The highest BCUT2D eigenvalue weighted by molar-refractivity contribution is 5.89. The fourth-order valence-corrected chi connectivity index (χ4v) is 7.47. The largest absolute Gasteiger partial charge is 0.453 e. The van der Waals surface area contributed by atoms with Gasteiger partial charge in [-0.3, -0.25) is 19.6 Å². The molecule has 4 aromatic heterocycles. The van der Waals surface area contributed by atoms with E-state index in [1.807, 2.05) is 66.5 Å². The number of H-pyrrole nitrogens is 2. The van der Waals surface area contributed by atoms with Crippen molar-refractivity contribution in [2.75, 3.05) is 27.3 Å². The summed E-state index contributed by atoms with van der Waals surface area (Å²) < 4.78 is 8.65. The van der Waals surface area contributed by atoms with Crippen LogP contribution >= 0.6 is 0 Å². The van der Waals surface area contributed by atoms with Gasteiger partial charge < -0.3 is 40.3 Å². The number of aromatic amines is 2. The number of likely N-dealkylation sites (tertiary alicyclic amines) is 2. The number of aromatic nitrogens is 6. The van der Waals surface area contributed by atoms with Gasteiger partial charge in [-0.1, -0.05) is 39.8 Å². The average Bonchev–Trinajstić information content (AvgIpc) is 4.06. The molecule has 1 aromatic carbocycles. The van der Waals surface area contributed by atoms with E-state index in [1.165, 1.54) is 14.2 Å². The number of pyridine rings is 2. The Morgan fingerprint density at radius 3 is 1.95 bits per heavy atom. The fourth-order valence-electron chi connectivity index (χ4n) is 7.47. The van der Waals surface area contributed by atoms with Gasteiger partial charge in [-0.25, -0.2) is 19.6 Å². The molecule has 6 heterocycles. The van der Waals surface area contributed by atoms with E-state index < -0.39 is 18.2 Å². The standard InChI is InChI=1S/C40H47N9O4.C2H5NO2/c1-23(2)16-35(50)48-14-6-8-33(48)37-44-22-32(46-37)27-12-13-29(41-19-27)30-18-25-10-11-26(17-28(25)20-42-30)31-21-43-38(45-31)34-9-7-15-49(34)39(51)36(24(3)4)47-40(52)53-5;1-5-2(3)4/h10-13,17-24,33-34,36H,6-9,14-16H2,1-5H3,(H,43,45)(H,44,46)(H,47,52);1H3,(H2,3,4)/t33-,34?,36?;/m0./s1. The van der Waals surface area contributed by atoms with Crippen molar-refractivity contribution in [3.8, 4) is 33.9 Å². The molecule has 2 unspecified atom stereocenters. The molecule has 3 atom stereocenters. The molecule has 2 fully saturated rings. The molecule has 0 saturated carbocycles. The fraction of sp³-hybridized carbons (Fsp3) is 0.429. The highest BCUT2D eigenvalue weighted by atomic mass is 16.5. The molecule has 4 amide bonds. The Morgan fingerprint density at radius 1 is 0.759 bits per heavy atom. The van der Waals surface area contributed by atoms with E-state index in [0.717, 1.165) is 88.6 Å². The summed E-state index contributed by atoms with van der Waals surface area (Å²) in [6.45, 7) is 9.32. The lowest BCUT2D eigenvalue weighted by atomic mass is 10.0. The minimum Gasteiger partial charge on any atom is -0.453 e. The number of fused-ring (bicyclic) bond motifs is 1. The molecule has 0 radical (unpaired) electrons. The summed E-state index contributed by atoms with van der Waals surface area (Å²) in [5.41, 5.74) is 9.55. The Hall–Kier alpha value is -6.32. The maximum absolute atomic E-state index is 13.5. The maximum Gasteiger partial charge on any atom is 0.407 e. The lowest BCUT2D eigenvalue weighted by molar-refractivity contribution is -0.135. The van der Waals surface area contributed by atoms with Gasteiger partial charge in [0.1, 0.15) is 17.7 Å². The first kappa shape index (κ1) is 41.3. The second-order valence-corrected chi connectivity index (χ2v) is 15.3. The summed E-state index contributed by atoms with van der Waals surface area (Å²) in [4.78, 5) is 77.2. The van der Waals surface area contributed by atoms with Gasteiger partial charge in [0.25, 0.3) is 0 Å². The lowest BCUT2D eigenvalue weighted by Crippen LogP contribution is -2.51. The number of alkyl carbamates (subject to hydrolysis) is 1. The molecule has 5 N–H and O–H groups in total. The van der Waals surface area contributed by atoms with E-state index in [-0.39, 0.29) is 29.8 Å². The first-order chi connectivity index (χ1) is 27.9. The number of ether oxygens (including phenoxy) is 2. The zero-order valence-corrected chi connectivity index (χ0v) is 33.8. The van der Waals surface area contributed by atoms with E-state index in [1.54, 1.807) is 6.20 Å². The summed E-state index contributed by atoms with van der Waals surface area (Å²) in [5, 5.41) is 4.70. The Morgan fingerprint density at radius 2 is 1.36 bits per heavy atom. The molecule has 2 aliphatic heterocycles. The quantitative estimate of drug-likeness (QED) is 0.120. The molecule has 5 aromatic rings. The molecule has 2 saturated heterocycles. The number of amides is 4. The molecule has 2 aliphatic rings. The van der Waals surface area contributed by atoms with Crippen molar-refractivity contribution < 1.29 is 28.7 Å². The number of nitrogens with one attached hydrogen (secondary N) is 3. The Balaban J connectivity index is 0.00000107. The smallest absolute Gasteiger partial charge is 0.407 e. The average molecular weight is 793 g/mol. The number of primary amides is 1. The lowest BCUT2D eigenvalue weighted by Gasteiger charge is -2.30. The van der Waals surface area contributed by atoms with Crippen LogP contribution in [0, 0.1) is 11.8 Å². The topological polar surface area (TPSA) is 214 Å². The first-order valence-corrected chi connectivity index (χ1v) is 19.6. The Bertz CT molecular complexity index is 2230. The number of imidazole rings is 2. The molecule has 0 aliphatic carbocycles. The number of carbonyl (C=O) groups is 4. The van der Waals surface area contributed by atoms with E-state index in [2.05, 4.69) is 61.7 Å². The minimum atomic E-state index is -0.745. The molecular formula is C42H52N10O6. The van der Waals surface area contributed by atoms with Crippen LogP contribution in [0.15, 0.2) is 61.2 Å². The number of nitrogens with zero attached hydrogens (tertiary/aromatic N) is 6.